The van der Waals surface area contributed by atoms with Gasteiger partial charge in [0, 0.05) is 13.5 Å². The quantitative estimate of drug-likeness (QED) is 0.741. The number of imidazole rings is 1. The third-order valence-electron chi connectivity index (χ3n) is 2.92. The molecule has 0 amide bonds. The Kier molecular flexibility index (Phi) is 2.51. The molecule has 0 saturated carbocycles. The SMILES string of the molecule is CCc1occc1-c1nc2nc(NC)ccc2[nH]1. The Morgan fingerprint density at radius 3 is 2.94 bits per heavy atom. The first-order valence-corrected chi connectivity index (χ1v) is 5.93. The van der Waals surface area contributed by atoms with Gasteiger partial charge in [-0.2, -0.15) is 0 Å². The van der Waals surface area contributed by atoms with E-state index in [2.05, 4.69) is 27.2 Å². The average molecular weight is 242 g/mol. The van der Waals surface area contributed by atoms with Crippen LogP contribution in [-0.4, -0.2) is 22.0 Å². The first kappa shape index (κ1) is 10.8. The van der Waals surface area contributed by atoms with Gasteiger partial charge in [0.1, 0.15) is 17.4 Å². The van der Waals surface area contributed by atoms with Crippen LogP contribution < -0.4 is 5.32 Å². The Labute approximate surface area is 104 Å². The summed E-state index contributed by atoms with van der Waals surface area (Å²) in [6.45, 7) is 2.06. The van der Waals surface area contributed by atoms with E-state index in [4.69, 9.17) is 4.42 Å². The second kappa shape index (κ2) is 4.18. The Morgan fingerprint density at radius 2 is 2.17 bits per heavy atom. The highest BCUT2D eigenvalue weighted by Crippen LogP contribution is 2.25. The number of anilines is 1. The molecule has 3 aromatic heterocycles. The van der Waals surface area contributed by atoms with Gasteiger partial charge < -0.3 is 14.7 Å². The fourth-order valence-electron chi connectivity index (χ4n) is 1.98. The summed E-state index contributed by atoms with van der Waals surface area (Å²) in [6.07, 6.45) is 2.53. The van der Waals surface area contributed by atoms with Gasteiger partial charge in [-0.1, -0.05) is 6.92 Å². The van der Waals surface area contributed by atoms with Crippen molar-refractivity contribution in [1.29, 1.82) is 0 Å². The molecule has 5 nitrogen and oxygen atoms in total. The molecule has 0 unspecified atom stereocenters. The molecule has 3 heterocycles. The van der Waals surface area contributed by atoms with Crippen molar-refractivity contribution < 1.29 is 4.42 Å². The topological polar surface area (TPSA) is 66.7 Å². The van der Waals surface area contributed by atoms with Crippen molar-refractivity contribution in [3.8, 4) is 11.4 Å². The van der Waals surface area contributed by atoms with Crippen molar-refractivity contribution >= 4 is 17.0 Å². The zero-order valence-electron chi connectivity index (χ0n) is 10.3. The van der Waals surface area contributed by atoms with Gasteiger partial charge in [0.25, 0.3) is 0 Å². The second-order valence-electron chi connectivity index (χ2n) is 4.01. The van der Waals surface area contributed by atoms with Gasteiger partial charge in [-0.25, -0.2) is 9.97 Å². The van der Waals surface area contributed by atoms with Gasteiger partial charge in [0.05, 0.1) is 17.3 Å². The van der Waals surface area contributed by atoms with Crippen LogP contribution in [-0.2, 0) is 6.42 Å². The number of nitrogens with one attached hydrogen (secondary N) is 2. The van der Waals surface area contributed by atoms with Crippen LogP contribution in [0.5, 0.6) is 0 Å². The first-order valence-electron chi connectivity index (χ1n) is 5.93. The molecule has 0 aliphatic carbocycles. The van der Waals surface area contributed by atoms with Crippen LogP contribution in [0.2, 0.25) is 0 Å². The van der Waals surface area contributed by atoms with E-state index in [-0.39, 0.29) is 0 Å². The van der Waals surface area contributed by atoms with E-state index in [1.54, 1.807) is 6.26 Å². The number of fused-ring (bicyclic) bond motifs is 1. The van der Waals surface area contributed by atoms with Crippen molar-refractivity contribution in [3.63, 3.8) is 0 Å². The molecule has 0 aromatic carbocycles. The number of H-pyrrole nitrogens is 1. The van der Waals surface area contributed by atoms with Gasteiger partial charge in [-0.3, -0.25) is 0 Å². The summed E-state index contributed by atoms with van der Waals surface area (Å²) in [4.78, 5) is 12.2. The number of rotatable bonds is 3. The maximum atomic E-state index is 5.42. The average Bonchev–Trinajstić information content (AvgIpc) is 3.03. The first-order chi connectivity index (χ1) is 8.81. The molecule has 92 valence electrons. The summed E-state index contributed by atoms with van der Waals surface area (Å²) in [5.74, 6) is 2.54. The highest BCUT2D eigenvalue weighted by molar-refractivity contribution is 5.77. The number of aromatic nitrogens is 3. The maximum absolute atomic E-state index is 5.42. The van der Waals surface area contributed by atoms with Crippen LogP contribution in [0.4, 0.5) is 5.82 Å². The second-order valence-corrected chi connectivity index (χ2v) is 4.01. The van der Waals surface area contributed by atoms with Gasteiger partial charge in [-0.15, -0.1) is 0 Å². The zero-order valence-corrected chi connectivity index (χ0v) is 10.3. The minimum absolute atomic E-state index is 0.708. The third-order valence-corrected chi connectivity index (χ3v) is 2.92. The molecule has 0 spiro atoms. The number of nitrogens with zero attached hydrogens (tertiary/aromatic N) is 2. The fraction of sp³-hybridized carbons (Fsp3) is 0.231. The summed E-state index contributed by atoms with van der Waals surface area (Å²) in [6, 6.07) is 5.81. The number of pyridine rings is 1. The molecule has 0 radical (unpaired) electrons. The van der Waals surface area contributed by atoms with E-state index in [0.29, 0.717) is 5.65 Å². The van der Waals surface area contributed by atoms with Gasteiger partial charge in [0.15, 0.2) is 5.65 Å². The summed E-state index contributed by atoms with van der Waals surface area (Å²) in [5, 5.41) is 3.00. The van der Waals surface area contributed by atoms with Gasteiger partial charge >= 0.3 is 0 Å². The van der Waals surface area contributed by atoms with E-state index >= 15 is 0 Å². The minimum Gasteiger partial charge on any atom is -0.469 e. The maximum Gasteiger partial charge on any atom is 0.180 e. The van der Waals surface area contributed by atoms with Crippen LogP contribution in [0.1, 0.15) is 12.7 Å². The van der Waals surface area contributed by atoms with E-state index in [1.165, 1.54) is 0 Å². The van der Waals surface area contributed by atoms with Gasteiger partial charge in [0.2, 0.25) is 0 Å². The number of furan rings is 1. The predicted molar refractivity (Wildman–Crippen MR) is 70.5 cm³/mol. The Bertz CT molecular complexity index is 683. The summed E-state index contributed by atoms with van der Waals surface area (Å²) in [7, 11) is 1.84. The van der Waals surface area contributed by atoms with Crippen LogP contribution in [0.25, 0.3) is 22.6 Å². The minimum atomic E-state index is 0.708. The number of aryl methyl sites for hydroxylation is 1. The number of hydrogen-bond donors (Lipinski definition) is 2. The largest absolute Gasteiger partial charge is 0.469 e. The van der Waals surface area contributed by atoms with Crippen LogP contribution in [0, 0.1) is 0 Å². The Hall–Kier alpha value is -2.30. The lowest BCUT2D eigenvalue weighted by Crippen LogP contribution is -1.91. The monoisotopic (exact) mass is 242 g/mol. The fourth-order valence-corrected chi connectivity index (χ4v) is 1.98. The van der Waals surface area contributed by atoms with Crippen molar-refractivity contribution in [2.24, 2.45) is 0 Å². The molecule has 0 bridgehead atoms. The molecule has 18 heavy (non-hydrogen) atoms. The van der Waals surface area contributed by atoms with E-state index in [1.807, 2.05) is 25.2 Å². The molecule has 0 saturated heterocycles. The normalized spacial score (nSPS) is 11.0. The van der Waals surface area contributed by atoms with Gasteiger partial charge in [-0.05, 0) is 18.2 Å². The number of hydrogen-bond acceptors (Lipinski definition) is 4. The molecule has 2 N–H and O–H groups in total. The summed E-state index contributed by atoms with van der Waals surface area (Å²) < 4.78 is 5.42. The molecule has 0 aliphatic rings. The molecular weight excluding hydrogens is 228 g/mol. The third kappa shape index (κ3) is 1.64. The van der Waals surface area contributed by atoms with Crippen LogP contribution in [0.15, 0.2) is 28.9 Å². The van der Waals surface area contributed by atoms with Crippen molar-refractivity contribution in [2.75, 3.05) is 12.4 Å². The molecule has 0 aliphatic heterocycles. The molecule has 5 heteroatoms. The van der Waals surface area contributed by atoms with Crippen LogP contribution in [0.3, 0.4) is 0 Å². The van der Waals surface area contributed by atoms with Crippen molar-refractivity contribution in [2.45, 2.75) is 13.3 Å². The molecular formula is C13H14N4O. The Morgan fingerprint density at radius 1 is 1.28 bits per heavy atom. The highest BCUT2D eigenvalue weighted by Gasteiger charge is 2.12. The lowest BCUT2D eigenvalue weighted by atomic mass is 10.2. The molecule has 3 rings (SSSR count). The lowest BCUT2D eigenvalue weighted by molar-refractivity contribution is 0.517. The number of aromatic amines is 1. The molecule has 0 atom stereocenters. The smallest absolute Gasteiger partial charge is 0.180 e. The van der Waals surface area contributed by atoms with Crippen molar-refractivity contribution in [1.82, 2.24) is 15.0 Å². The summed E-state index contributed by atoms with van der Waals surface area (Å²) >= 11 is 0. The van der Waals surface area contributed by atoms with E-state index in [9.17, 15) is 0 Å². The predicted octanol–water partition coefficient (Wildman–Crippen LogP) is 2.82. The lowest BCUT2D eigenvalue weighted by Gasteiger charge is -1.95. The van der Waals surface area contributed by atoms with Crippen LogP contribution >= 0.6 is 0 Å². The van der Waals surface area contributed by atoms with Crippen molar-refractivity contribution in [3.05, 3.63) is 30.2 Å². The molecule has 0 fully saturated rings. The molecule has 3 aromatic rings. The zero-order chi connectivity index (χ0) is 12.5. The van der Waals surface area contributed by atoms with E-state index in [0.717, 1.165) is 34.9 Å². The summed E-state index contributed by atoms with van der Waals surface area (Å²) in [5.41, 5.74) is 2.63. The van der Waals surface area contributed by atoms with E-state index < -0.39 is 0 Å². The highest BCUT2D eigenvalue weighted by atomic mass is 16.3. The standard InChI is InChI=1S/C13H14N4O/c1-3-10-8(6-7-18-10)12-15-9-4-5-11(14-2)16-13(9)17-12/h4-7H,3H2,1-2H3,(H2,14,15,16,17). The Balaban J connectivity index is 2.13.